The number of allylic oxidation sites excluding steroid dienone is 6. The van der Waals surface area contributed by atoms with E-state index in [2.05, 4.69) is 0 Å². The normalized spacial score (nSPS) is 19.7. The molecule has 3 aliphatic heterocycles. The summed E-state index contributed by atoms with van der Waals surface area (Å²) in [5.74, 6) is -2.77. The number of hydrogen-bond acceptors (Lipinski definition) is 21. The lowest BCUT2D eigenvalue weighted by molar-refractivity contribution is -0.442. The van der Waals surface area contributed by atoms with E-state index in [1.807, 2.05) is 16.4 Å². The van der Waals surface area contributed by atoms with E-state index < -0.39 is 74.5 Å². The quantitative estimate of drug-likeness (QED) is 0.0320. The number of hydroxylamine groups is 2. The first kappa shape index (κ1) is 61.0. The number of carbonyl (C=O) groups is 3. The maximum atomic E-state index is 12.4. The number of rotatable bonds is 34. The molecule has 5 rings (SSSR count). The van der Waals surface area contributed by atoms with Crippen LogP contribution in [0, 0.1) is 0 Å². The summed E-state index contributed by atoms with van der Waals surface area (Å²) in [7, 11) is -11.3. The van der Waals surface area contributed by atoms with Crippen LogP contribution in [0.2, 0.25) is 0 Å². The summed E-state index contributed by atoms with van der Waals surface area (Å²) in [6.45, 7) is 7.26. The van der Waals surface area contributed by atoms with Gasteiger partial charge in [-0.3, -0.25) is 9.59 Å². The van der Waals surface area contributed by atoms with Gasteiger partial charge in [0.15, 0.2) is 12.3 Å². The maximum Gasteiger partial charge on any atom is 0.335 e. The summed E-state index contributed by atoms with van der Waals surface area (Å²) >= 11 is 0. The molecule has 2 unspecified atom stereocenters. The molecule has 0 spiro atoms. The third-order valence-corrected chi connectivity index (χ3v) is 15.2. The minimum absolute atomic E-state index is 0.0335. The highest BCUT2D eigenvalue weighted by molar-refractivity contribution is 7.86. The molecule has 23 nitrogen and oxygen atoms in total. The van der Waals surface area contributed by atoms with E-state index in [0.717, 1.165) is 0 Å². The Morgan fingerprint density at radius 3 is 1.81 bits per heavy atom. The van der Waals surface area contributed by atoms with Crippen molar-refractivity contribution in [3.05, 3.63) is 83.6 Å². The summed E-state index contributed by atoms with van der Waals surface area (Å²) in [6, 6.07) is 8.04. The number of benzene rings is 2. The van der Waals surface area contributed by atoms with Crippen LogP contribution in [0.5, 0.6) is 0 Å². The second kappa shape index (κ2) is 28.0. The second-order valence-corrected chi connectivity index (χ2v) is 22.2. The van der Waals surface area contributed by atoms with Crippen LogP contribution in [0.1, 0.15) is 63.5 Å². The van der Waals surface area contributed by atoms with E-state index in [1.165, 1.54) is 43.5 Å². The number of nitrogens with zero attached hydrogens (tertiary/aromatic N) is 3. The Balaban J connectivity index is 1.41. The molecule has 0 aromatic heterocycles. The van der Waals surface area contributed by atoms with Gasteiger partial charge in [0.1, 0.15) is 26.8 Å². The molecule has 2 aromatic carbocycles. The van der Waals surface area contributed by atoms with Gasteiger partial charge >= 0.3 is 5.97 Å². The standard InChI is InChI=1S/C49H67N3O20S3/c1-48(18-8-34-73(56,57)58)39-35-37(74(59,60)61)11-13-41(39)50(21-25-68-28-29-70-32-33-71-31-30-69-27-26-66-4)43(48)9-6-5-7-10-44-49(2,19-23-65-3)40-36-38(75(62,63)64)12-14-42(40)51(44)20-24-67-22-17-47(55)72-52-45(53)15-16-46(52)54/h5-7,9-14,35-36H,8,15-34H2,1-4H3,(H2-,56,57,58,59,60,61,62,63,64)/p-2. The molecule has 0 aliphatic carbocycles. The Bertz CT molecular complexity index is 2780. The molecule has 2 atom stereocenters. The Morgan fingerprint density at radius 2 is 1.23 bits per heavy atom. The van der Waals surface area contributed by atoms with Crippen molar-refractivity contribution in [2.24, 2.45) is 0 Å². The number of fused-ring (bicyclic) bond motifs is 2. The van der Waals surface area contributed by atoms with Crippen LogP contribution in [0.25, 0.3) is 0 Å². The number of imide groups is 1. The van der Waals surface area contributed by atoms with Gasteiger partial charge in [0, 0.05) is 80.5 Å². The maximum absolute atomic E-state index is 12.4. The van der Waals surface area contributed by atoms with Crippen molar-refractivity contribution >= 4 is 65.2 Å². The molecular formula is C49H65N3O20S3-2. The van der Waals surface area contributed by atoms with Gasteiger partial charge in [0.2, 0.25) is 5.69 Å². The summed E-state index contributed by atoms with van der Waals surface area (Å²) < 4.78 is 150. The van der Waals surface area contributed by atoms with Gasteiger partial charge in [-0.25, -0.2) is 30.0 Å². The molecule has 2 amide bonds. The fraction of sp³-hybridized carbons (Fsp3) is 0.551. The van der Waals surface area contributed by atoms with Gasteiger partial charge in [-0.15, -0.1) is 5.06 Å². The van der Waals surface area contributed by atoms with Crippen LogP contribution < -0.4 is 4.90 Å². The number of hydrogen-bond donors (Lipinski definition) is 0. The van der Waals surface area contributed by atoms with Gasteiger partial charge in [-0.2, -0.15) is 4.58 Å². The highest BCUT2D eigenvalue weighted by Crippen LogP contribution is 2.51. The predicted octanol–water partition coefficient (Wildman–Crippen LogP) is 2.71. The van der Waals surface area contributed by atoms with Crippen LogP contribution in [0.3, 0.4) is 0 Å². The van der Waals surface area contributed by atoms with Crippen LogP contribution in [-0.4, -0.2) is 184 Å². The molecule has 416 valence electrons. The summed E-state index contributed by atoms with van der Waals surface area (Å²) in [4.78, 5) is 42.1. The fourth-order valence-corrected chi connectivity index (χ4v) is 10.4. The zero-order valence-electron chi connectivity index (χ0n) is 42.4. The van der Waals surface area contributed by atoms with E-state index in [9.17, 15) is 53.3 Å². The fourth-order valence-electron chi connectivity index (χ4n) is 8.93. The zero-order chi connectivity index (χ0) is 54.9. The molecule has 1 saturated heterocycles. The van der Waals surface area contributed by atoms with Crippen molar-refractivity contribution in [1.82, 2.24) is 5.06 Å². The molecule has 26 heteroatoms. The SMILES string of the molecule is COCCOCCOCCOCCOCC[N+]1=C(/C=C/C=C/C=C2/N(CCOCCC(=O)ON3C(=O)CCC3=O)c3ccc(S(=O)(=O)[O-])cc3C2(C)CCOC)C(C)(CCCS(=O)(=O)[O-])c2cc(S(=O)(=O)[O-])ccc21. The number of ether oxygens (including phenoxy) is 7. The molecule has 75 heavy (non-hydrogen) atoms. The first-order chi connectivity index (χ1) is 35.5. The zero-order valence-corrected chi connectivity index (χ0v) is 44.9. The number of methoxy groups -OCH3 is 2. The highest BCUT2D eigenvalue weighted by atomic mass is 32.2. The van der Waals surface area contributed by atoms with Gasteiger partial charge in [-0.1, -0.05) is 18.2 Å². The van der Waals surface area contributed by atoms with Gasteiger partial charge < -0.3 is 56.6 Å². The molecule has 0 bridgehead atoms. The van der Waals surface area contributed by atoms with Gasteiger partial charge in [0.05, 0.1) is 97.8 Å². The van der Waals surface area contributed by atoms with E-state index in [-0.39, 0.29) is 84.8 Å². The van der Waals surface area contributed by atoms with Crippen LogP contribution >= 0.6 is 0 Å². The van der Waals surface area contributed by atoms with Gasteiger partial charge in [-0.05, 0) is 75.1 Å². The second-order valence-electron chi connectivity index (χ2n) is 17.9. The van der Waals surface area contributed by atoms with Crippen molar-refractivity contribution in [2.45, 2.75) is 73.0 Å². The highest BCUT2D eigenvalue weighted by Gasteiger charge is 2.48. The lowest BCUT2D eigenvalue weighted by Gasteiger charge is -2.30. The molecule has 0 radical (unpaired) electrons. The summed E-state index contributed by atoms with van der Waals surface area (Å²) in [6.07, 6.45) is 8.60. The third-order valence-electron chi connectivity index (χ3n) is 12.7. The third kappa shape index (κ3) is 17.1. The number of amides is 2. The molecule has 0 saturated carbocycles. The molecule has 1 fully saturated rings. The Labute approximate surface area is 438 Å². The Morgan fingerprint density at radius 1 is 0.667 bits per heavy atom. The van der Waals surface area contributed by atoms with Crippen molar-refractivity contribution in [2.75, 3.05) is 117 Å². The van der Waals surface area contributed by atoms with Crippen LogP contribution in [0.15, 0.2) is 82.3 Å². The topological polar surface area (TPSA) is 306 Å². The first-order valence-electron chi connectivity index (χ1n) is 24.1. The monoisotopic (exact) mass is 1110 g/mol. The minimum atomic E-state index is -4.92. The predicted molar refractivity (Wildman–Crippen MR) is 265 cm³/mol. The van der Waals surface area contributed by atoms with Crippen molar-refractivity contribution < 1.29 is 95.9 Å². The molecule has 0 N–H and O–H groups in total. The number of anilines is 1. The smallest absolute Gasteiger partial charge is 0.335 e. The molecule has 3 heterocycles. The average molecular weight is 1110 g/mol. The first-order valence-corrected chi connectivity index (χ1v) is 28.5. The summed E-state index contributed by atoms with van der Waals surface area (Å²) in [5, 5.41) is 0.450. The molecular weight excluding hydrogens is 1050 g/mol. The van der Waals surface area contributed by atoms with Crippen molar-refractivity contribution in [3.8, 4) is 0 Å². The lowest BCUT2D eigenvalue weighted by atomic mass is 9.76. The summed E-state index contributed by atoms with van der Waals surface area (Å²) in [5.41, 5.74) is 1.24. The van der Waals surface area contributed by atoms with Crippen molar-refractivity contribution in [1.29, 1.82) is 0 Å². The Hall–Kier alpha value is -4.81. The van der Waals surface area contributed by atoms with E-state index in [1.54, 1.807) is 44.4 Å². The average Bonchev–Trinajstić information content (AvgIpc) is 3.87. The van der Waals surface area contributed by atoms with Crippen molar-refractivity contribution in [3.63, 3.8) is 0 Å². The Kier molecular flexibility index (Phi) is 22.8. The van der Waals surface area contributed by atoms with E-state index in [0.29, 0.717) is 85.0 Å². The minimum Gasteiger partial charge on any atom is -0.748 e. The lowest BCUT2D eigenvalue weighted by Crippen LogP contribution is -2.33. The van der Waals surface area contributed by atoms with Crippen LogP contribution in [0.4, 0.5) is 11.4 Å². The molecule has 3 aliphatic rings. The van der Waals surface area contributed by atoms with Gasteiger partial charge in [0.25, 0.3) is 11.8 Å². The van der Waals surface area contributed by atoms with Crippen LogP contribution in [-0.2, 0) is 93.6 Å². The largest absolute Gasteiger partial charge is 0.748 e. The number of carbonyl (C=O) groups excluding carboxylic acids is 3. The van der Waals surface area contributed by atoms with E-state index in [4.69, 9.17) is 38.0 Å². The van der Waals surface area contributed by atoms with E-state index >= 15 is 0 Å². The molecule has 2 aromatic rings.